The maximum absolute atomic E-state index is 12.9. The van der Waals surface area contributed by atoms with Gasteiger partial charge in [0.15, 0.2) is 0 Å². The van der Waals surface area contributed by atoms with E-state index in [1.165, 1.54) is 0 Å². The number of ether oxygens (including phenoxy) is 1. The highest BCUT2D eigenvalue weighted by Gasteiger charge is 2.26. The highest BCUT2D eigenvalue weighted by atomic mass is 16.5. The molecule has 0 N–H and O–H groups in total. The first-order valence-electron chi connectivity index (χ1n) is 13.3. The largest absolute Gasteiger partial charge is 0.378 e. The molecule has 2 aliphatic heterocycles. The zero-order valence-corrected chi connectivity index (χ0v) is 22.8. The normalized spacial score (nSPS) is 16.0. The highest BCUT2D eigenvalue weighted by molar-refractivity contribution is 5.99. The van der Waals surface area contributed by atoms with Crippen molar-refractivity contribution in [3.05, 3.63) is 58.8 Å². The Kier molecular flexibility index (Phi) is 6.10. The summed E-state index contributed by atoms with van der Waals surface area (Å²) in [5.74, 6) is 0. The van der Waals surface area contributed by atoms with Gasteiger partial charge in [0.1, 0.15) is 0 Å². The van der Waals surface area contributed by atoms with Crippen LogP contribution in [0.5, 0.6) is 0 Å². The van der Waals surface area contributed by atoms with Crippen LogP contribution in [0.25, 0.3) is 22.2 Å². The molecule has 0 bridgehead atoms. The van der Waals surface area contributed by atoms with Crippen molar-refractivity contribution in [1.82, 2.24) is 19.3 Å². The lowest BCUT2D eigenvalue weighted by Crippen LogP contribution is -2.38. The minimum Gasteiger partial charge on any atom is -0.378 e. The van der Waals surface area contributed by atoms with E-state index in [4.69, 9.17) is 9.72 Å². The minimum absolute atomic E-state index is 0.0367. The molecular weight excluding hydrogens is 478 g/mol. The van der Waals surface area contributed by atoms with Crippen molar-refractivity contribution in [3.8, 4) is 11.3 Å². The molecule has 9 nitrogen and oxygen atoms in total. The standard InChI is InChI=1S/C29H35N7O2/c1-19(2)36-18-21(16-31-36)24-15-27-28(17-30-24)35(7-6-32(27)4)26-14-22(34-8-10-38-11-9-34)13-25-23(26)12-20(3)29(37)33(25)5/h12-19H,6-11H2,1-5H3. The highest BCUT2D eigenvalue weighted by Crippen LogP contribution is 2.42. The smallest absolute Gasteiger partial charge is 0.253 e. The molecule has 6 rings (SSSR count). The number of likely N-dealkylation sites (N-methyl/N-ethyl adjacent to an activating group) is 1. The summed E-state index contributed by atoms with van der Waals surface area (Å²) in [5.41, 5.74) is 8.04. The molecule has 0 unspecified atom stereocenters. The first kappa shape index (κ1) is 24.5. The Balaban J connectivity index is 1.50. The van der Waals surface area contributed by atoms with E-state index in [0.29, 0.717) is 19.3 Å². The number of rotatable bonds is 4. The number of pyridine rings is 2. The number of hydrogen-bond donors (Lipinski definition) is 0. The first-order valence-corrected chi connectivity index (χ1v) is 13.3. The Hall–Kier alpha value is -3.85. The summed E-state index contributed by atoms with van der Waals surface area (Å²) in [6.07, 6.45) is 5.93. The van der Waals surface area contributed by atoms with Crippen molar-refractivity contribution in [2.24, 2.45) is 7.05 Å². The van der Waals surface area contributed by atoms with Crippen molar-refractivity contribution in [2.75, 3.05) is 61.1 Å². The van der Waals surface area contributed by atoms with Crippen LogP contribution in [-0.2, 0) is 11.8 Å². The number of benzene rings is 1. The van der Waals surface area contributed by atoms with Crippen LogP contribution in [-0.4, -0.2) is 65.8 Å². The van der Waals surface area contributed by atoms with Gasteiger partial charge in [0.2, 0.25) is 0 Å². The molecule has 9 heteroatoms. The van der Waals surface area contributed by atoms with Crippen LogP contribution in [0.3, 0.4) is 0 Å². The molecule has 198 valence electrons. The molecular formula is C29H35N7O2. The average Bonchev–Trinajstić information content (AvgIpc) is 3.43. The second-order valence-corrected chi connectivity index (χ2v) is 10.6. The van der Waals surface area contributed by atoms with Crippen LogP contribution in [0, 0.1) is 6.92 Å². The van der Waals surface area contributed by atoms with Crippen LogP contribution in [0.15, 0.2) is 47.7 Å². The van der Waals surface area contributed by atoms with Gasteiger partial charge in [-0.3, -0.25) is 14.5 Å². The van der Waals surface area contributed by atoms with Crippen LogP contribution in [0.2, 0.25) is 0 Å². The fraction of sp³-hybridized carbons (Fsp3) is 0.414. The predicted molar refractivity (Wildman–Crippen MR) is 153 cm³/mol. The van der Waals surface area contributed by atoms with E-state index < -0.39 is 0 Å². The van der Waals surface area contributed by atoms with E-state index in [0.717, 1.165) is 76.7 Å². The van der Waals surface area contributed by atoms with Crippen LogP contribution >= 0.6 is 0 Å². The first-order chi connectivity index (χ1) is 18.3. The quantitative estimate of drug-likeness (QED) is 0.407. The van der Waals surface area contributed by atoms with Gasteiger partial charge in [-0.1, -0.05) is 0 Å². The van der Waals surface area contributed by atoms with Crippen molar-refractivity contribution >= 4 is 33.7 Å². The molecule has 1 saturated heterocycles. The molecule has 0 spiro atoms. The lowest BCUT2D eigenvalue weighted by molar-refractivity contribution is 0.122. The maximum Gasteiger partial charge on any atom is 0.253 e. The van der Waals surface area contributed by atoms with Crippen molar-refractivity contribution < 1.29 is 4.74 Å². The third-order valence-corrected chi connectivity index (χ3v) is 7.80. The Labute approximate surface area is 222 Å². The third-order valence-electron chi connectivity index (χ3n) is 7.80. The molecule has 5 heterocycles. The fourth-order valence-corrected chi connectivity index (χ4v) is 5.52. The summed E-state index contributed by atoms with van der Waals surface area (Å²) in [6, 6.07) is 8.92. The molecule has 1 aromatic carbocycles. The van der Waals surface area contributed by atoms with Crippen molar-refractivity contribution in [2.45, 2.75) is 26.8 Å². The van der Waals surface area contributed by atoms with E-state index in [1.54, 1.807) is 4.57 Å². The summed E-state index contributed by atoms with van der Waals surface area (Å²) >= 11 is 0. The lowest BCUT2D eigenvalue weighted by Gasteiger charge is -2.38. The molecule has 0 amide bonds. The minimum atomic E-state index is 0.0367. The molecule has 3 aromatic heterocycles. The maximum atomic E-state index is 12.9. The number of morpholine rings is 1. The molecule has 0 radical (unpaired) electrons. The van der Waals surface area contributed by atoms with Gasteiger partial charge in [0.25, 0.3) is 5.56 Å². The van der Waals surface area contributed by atoms with Crippen LogP contribution < -0.4 is 20.3 Å². The van der Waals surface area contributed by atoms with Gasteiger partial charge in [-0.2, -0.15) is 5.10 Å². The SMILES string of the molecule is Cc1cc2c(N3CCN(C)c4cc(-c5cnn(C(C)C)c5)ncc43)cc(N3CCOCC3)cc2n(C)c1=O. The number of aryl methyl sites for hydroxylation is 2. The lowest BCUT2D eigenvalue weighted by atomic mass is 10.1. The molecule has 38 heavy (non-hydrogen) atoms. The number of hydrogen-bond acceptors (Lipinski definition) is 7. The zero-order chi connectivity index (χ0) is 26.6. The summed E-state index contributed by atoms with van der Waals surface area (Å²) in [4.78, 5) is 24.8. The van der Waals surface area contributed by atoms with Gasteiger partial charge in [-0.15, -0.1) is 0 Å². The van der Waals surface area contributed by atoms with E-state index in [2.05, 4.69) is 65.1 Å². The van der Waals surface area contributed by atoms with Gasteiger partial charge >= 0.3 is 0 Å². The molecule has 4 aromatic rings. The van der Waals surface area contributed by atoms with Gasteiger partial charge in [0, 0.05) is 74.7 Å². The van der Waals surface area contributed by atoms with Crippen LogP contribution in [0.4, 0.5) is 22.7 Å². The topological polar surface area (TPSA) is 71.7 Å². The third kappa shape index (κ3) is 4.11. The van der Waals surface area contributed by atoms with Crippen LogP contribution in [0.1, 0.15) is 25.5 Å². The summed E-state index contributed by atoms with van der Waals surface area (Å²) < 4.78 is 9.35. The van der Waals surface area contributed by atoms with E-state index in [1.807, 2.05) is 37.1 Å². The Morgan fingerprint density at radius 1 is 0.921 bits per heavy atom. The van der Waals surface area contributed by atoms with Crippen molar-refractivity contribution in [1.29, 1.82) is 0 Å². The Bertz CT molecular complexity index is 1570. The van der Waals surface area contributed by atoms with Gasteiger partial charge < -0.3 is 24.0 Å². The Morgan fingerprint density at radius 2 is 1.71 bits per heavy atom. The fourth-order valence-electron chi connectivity index (χ4n) is 5.52. The molecule has 0 aliphatic carbocycles. The van der Waals surface area contributed by atoms with E-state index in [-0.39, 0.29) is 5.56 Å². The number of fused-ring (bicyclic) bond motifs is 2. The molecule has 0 saturated carbocycles. The van der Waals surface area contributed by atoms with E-state index in [9.17, 15) is 4.79 Å². The summed E-state index contributed by atoms with van der Waals surface area (Å²) in [5, 5.41) is 5.58. The summed E-state index contributed by atoms with van der Waals surface area (Å²) in [6.45, 7) is 10.9. The zero-order valence-electron chi connectivity index (χ0n) is 22.8. The monoisotopic (exact) mass is 513 g/mol. The number of aromatic nitrogens is 4. The van der Waals surface area contributed by atoms with Gasteiger partial charge in [0.05, 0.1) is 53.9 Å². The molecule has 2 aliphatic rings. The Morgan fingerprint density at radius 3 is 2.45 bits per heavy atom. The van der Waals surface area contributed by atoms with Gasteiger partial charge in [-0.25, -0.2) is 0 Å². The van der Waals surface area contributed by atoms with Gasteiger partial charge in [-0.05, 0) is 45.0 Å². The molecule has 1 fully saturated rings. The van der Waals surface area contributed by atoms with Crippen molar-refractivity contribution in [3.63, 3.8) is 0 Å². The average molecular weight is 514 g/mol. The van der Waals surface area contributed by atoms with E-state index >= 15 is 0 Å². The molecule has 0 atom stereocenters. The predicted octanol–water partition coefficient (Wildman–Crippen LogP) is 4.11. The second-order valence-electron chi connectivity index (χ2n) is 10.6. The number of anilines is 4. The second kappa shape index (κ2) is 9.47. The number of nitrogens with zero attached hydrogens (tertiary/aromatic N) is 7. The summed E-state index contributed by atoms with van der Waals surface area (Å²) in [7, 11) is 4.00.